The summed E-state index contributed by atoms with van der Waals surface area (Å²) in [4.78, 5) is 15.6. The van der Waals surface area contributed by atoms with Crippen LogP contribution in [-0.4, -0.2) is 32.3 Å². The number of carbonyl (C=O) groups excluding carboxylic acids is 1. The molecule has 1 atom stereocenters. The maximum atomic E-state index is 13.7. The molecule has 1 amide bonds. The van der Waals surface area contributed by atoms with E-state index in [4.69, 9.17) is 16.1 Å². The first kappa shape index (κ1) is 18.7. The highest BCUT2D eigenvalue weighted by molar-refractivity contribution is 6.33. The third kappa shape index (κ3) is 3.44. The molecule has 6 nitrogen and oxygen atoms in total. The molecule has 0 bridgehead atoms. The highest BCUT2D eigenvalue weighted by atomic mass is 35.5. The maximum absolute atomic E-state index is 13.7. The van der Waals surface area contributed by atoms with Crippen LogP contribution in [0.3, 0.4) is 0 Å². The largest absolute Gasteiger partial charge is 0.360 e. The number of halogens is 1. The standard InChI is InChI=1S/C21H23ClN4O2/c1-14-19(20(24-28-14)16-8-5-6-9-17(16)22)21(27)26-11-7-3-4-10-18(26)15-12-23-25(2)13-15/h5-6,8-9,12-13,18H,3-4,7,10-11H2,1-2H3/t18-/m0/s1. The fourth-order valence-electron chi connectivity index (χ4n) is 3.91. The molecule has 4 rings (SSSR count). The molecule has 1 aliphatic heterocycles. The molecule has 0 saturated carbocycles. The van der Waals surface area contributed by atoms with E-state index in [1.165, 1.54) is 0 Å². The van der Waals surface area contributed by atoms with Crippen molar-refractivity contribution < 1.29 is 9.32 Å². The number of amides is 1. The van der Waals surface area contributed by atoms with Crippen LogP contribution < -0.4 is 0 Å². The van der Waals surface area contributed by atoms with Crippen molar-refractivity contribution in [3.05, 3.63) is 58.6 Å². The van der Waals surface area contributed by atoms with E-state index in [1.54, 1.807) is 17.7 Å². The van der Waals surface area contributed by atoms with Gasteiger partial charge in [-0.25, -0.2) is 0 Å². The highest BCUT2D eigenvalue weighted by Gasteiger charge is 2.33. The Morgan fingerprint density at radius 3 is 2.82 bits per heavy atom. The molecular weight excluding hydrogens is 376 g/mol. The smallest absolute Gasteiger partial charge is 0.260 e. The average Bonchev–Trinajstić information content (AvgIpc) is 3.19. The van der Waals surface area contributed by atoms with E-state index in [0.29, 0.717) is 34.1 Å². The van der Waals surface area contributed by atoms with E-state index < -0.39 is 0 Å². The lowest BCUT2D eigenvalue weighted by molar-refractivity contribution is 0.0679. The second-order valence-corrected chi connectivity index (χ2v) is 7.66. The van der Waals surface area contributed by atoms with E-state index in [0.717, 1.165) is 31.2 Å². The number of rotatable bonds is 3. The van der Waals surface area contributed by atoms with Crippen LogP contribution >= 0.6 is 11.6 Å². The molecule has 1 aliphatic rings. The zero-order valence-corrected chi connectivity index (χ0v) is 16.8. The molecule has 146 valence electrons. The lowest BCUT2D eigenvalue weighted by atomic mass is 10.0. The fraction of sp³-hybridized carbons (Fsp3) is 0.381. The number of aromatic nitrogens is 3. The molecule has 0 spiro atoms. The molecule has 7 heteroatoms. The maximum Gasteiger partial charge on any atom is 0.260 e. The molecule has 3 aromatic rings. The zero-order chi connectivity index (χ0) is 19.7. The van der Waals surface area contributed by atoms with Crippen molar-refractivity contribution in [2.45, 2.75) is 38.6 Å². The van der Waals surface area contributed by atoms with E-state index in [2.05, 4.69) is 10.3 Å². The van der Waals surface area contributed by atoms with Crippen molar-refractivity contribution in [1.29, 1.82) is 0 Å². The van der Waals surface area contributed by atoms with Gasteiger partial charge in [0.15, 0.2) is 0 Å². The van der Waals surface area contributed by atoms with Gasteiger partial charge in [0.05, 0.1) is 17.3 Å². The summed E-state index contributed by atoms with van der Waals surface area (Å²) >= 11 is 6.37. The summed E-state index contributed by atoms with van der Waals surface area (Å²) in [7, 11) is 1.89. The Labute approximate surface area is 169 Å². The highest BCUT2D eigenvalue weighted by Crippen LogP contribution is 2.36. The lowest BCUT2D eigenvalue weighted by Crippen LogP contribution is -2.35. The first-order valence-electron chi connectivity index (χ1n) is 9.57. The van der Waals surface area contributed by atoms with Gasteiger partial charge >= 0.3 is 0 Å². The van der Waals surface area contributed by atoms with E-state index in [9.17, 15) is 4.79 Å². The van der Waals surface area contributed by atoms with Crippen LogP contribution in [0, 0.1) is 6.92 Å². The SMILES string of the molecule is Cc1onc(-c2ccccc2Cl)c1C(=O)N1CCCCC[C@H]1c1cnn(C)c1. The average molecular weight is 399 g/mol. The van der Waals surface area contributed by atoms with E-state index in [-0.39, 0.29) is 11.9 Å². The van der Waals surface area contributed by atoms with Crippen LogP contribution in [0.1, 0.15) is 53.4 Å². The van der Waals surface area contributed by atoms with Gasteiger partial charge in [0.2, 0.25) is 0 Å². The van der Waals surface area contributed by atoms with Crippen molar-refractivity contribution in [2.24, 2.45) is 7.05 Å². The molecule has 0 radical (unpaired) electrons. The van der Waals surface area contributed by atoms with Gasteiger partial charge in [-0.05, 0) is 25.8 Å². The molecule has 0 unspecified atom stereocenters. The number of aryl methyl sites for hydroxylation is 2. The Morgan fingerprint density at radius 2 is 2.07 bits per heavy atom. The summed E-state index contributed by atoms with van der Waals surface area (Å²) in [5.74, 6) is 0.443. The molecule has 1 saturated heterocycles. The third-order valence-electron chi connectivity index (χ3n) is 5.33. The van der Waals surface area contributed by atoms with E-state index in [1.807, 2.05) is 42.5 Å². The minimum absolute atomic E-state index is 0.00269. The zero-order valence-electron chi connectivity index (χ0n) is 16.1. The Balaban J connectivity index is 1.75. The second-order valence-electron chi connectivity index (χ2n) is 7.25. The molecule has 0 N–H and O–H groups in total. The summed E-state index contributed by atoms with van der Waals surface area (Å²) in [6.45, 7) is 2.47. The van der Waals surface area contributed by atoms with Crippen LogP contribution in [0.15, 0.2) is 41.2 Å². The third-order valence-corrected chi connectivity index (χ3v) is 5.66. The predicted octanol–water partition coefficient (Wildman–Crippen LogP) is 4.79. The van der Waals surface area contributed by atoms with Gasteiger partial charge in [-0.15, -0.1) is 0 Å². The molecular formula is C21H23ClN4O2. The topological polar surface area (TPSA) is 64.2 Å². The molecule has 28 heavy (non-hydrogen) atoms. The minimum atomic E-state index is -0.0653. The van der Waals surface area contributed by atoms with Crippen molar-refractivity contribution in [2.75, 3.05) is 6.54 Å². The monoisotopic (exact) mass is 398 g/mol. The number of nitrogens with zero attached hydrogens (tertiary/aromatic N) is 4. The Hall–Kier alpha value is -2.60. The van der Waals surface area contributed by atoms with Crippen LogP contribution in [0.4, 0.5) is 0 Å². The summed E-state index contributed by atoms with van der Waals surface area (Å²) in [5.41, 5.74) is 2.76. The normalized spacial score (nSPS) is 17.5. The quantitative estimate of drug-likeness (QED) is 0.636. The van der Waals surface area contributed by atoms with Crippen molar-refractivity contribution in [1.82, 2.24) is 19.8 Å². The lowest BCUT2D eigenvalue weighted by Gasteiger charge is -2.29. The minimum Gasteiger partial charge on any atom is -0.360 e. The Kier molecular flexibility index (Phi) is 5.22. The fourth-order valence-corrected chi connectivity index (χ4v) is 4.14. The first-order valence-corrected chi connectivity index (χ1v) is 9.94. The van der Waals surface area contributed by atoms with Crippen LogP contribution in [0.25, 0.3) is 11.3 Å². The number of likely N-dealkylation sites (tertiary alicyclic amines) is 1. The number of hydrogen-bond donors (Lipinski definition) is 0. The van der Waals surface area contributed by atoms with Gasteiger partial charge in [0, 0.05) is 30.9 Å². The van der Waals surface area contributed by atoms with Gasteiger partial charge in [0.1, 0.15) is 17.0 Å². The number of carbonyl (C=O) groups is 1. The molecule has 0 aliphatic carbocycles. The molecule has 3 heterocycles. The number of benzene rings is 1. The van der Waals surface area contributed by atoms with Gasteiger partial charge in [0.25, 0.3) is 5.91 Å². The van der Waals surface area contributed by atoms with Crippen molar-refractivity contribution in [3.63, 3.8) is 0 Å². The Bertz CT molecular complexity index is 994. The number of hydrogen-bond acceptors (Lipinski definition) is 4. The van der Waals surface area contributed by atoms with Crippen LogP contribution in [0.5, 0.6) is 0 Å². The molecule has 1 fully saturated rings. The van der Waals surface area contributed by atoms with Crippen LogP contribution in [0.2, 0.25) is 5.02 Å². The van der Waals surface area contributed by atoms with Gasteiger partial charge in [-0.3, -0.25) is 9.48 Å². The summed E-state index contributed by atoms with van der Waals surface area (Å²) in [5, 5.41) is 9.01. The van der Waals surface area contributed by atoms with Crippen LogP contribution in [-0.2, 0) is 7.05 Å². The predicted molar refractivity (Wildman–Crippen MR) is 107 cm³/mol. The van der Waals surface area contributed by atoms with E-state index >= 15 is 0 Å². The van der Waals surface area contributed by atoms with Gasteiger partial charge < -0.3 is 9.42 Å². The summed E-state index contributed by atoms with van der Waals surface area (Å²) < 4.78 is 7.20. The molecule has 1 aromatic carbocycles. The van der Waals surface area contributed by atoms with Crippen molar-refractivity contribution in [3.8, 4) is 11.3 Å². The summed E-state index contributed by atoms with van der Waals surface area (Å²) in [6, 6.07) is 7.38. The molecule has 2 aromatic heterocycles. The summed E-state index contributed by atoms with van der Waals surface area (Å²) in [6.07, 6.45) is 7.94. The van der Waals surface area contributed by atoms with Gasteiger partial charge in [-0.1, -0.05) is 47.8 Å². The first-order chi connectivity index (χ1) is 13.6. The van der Waals surface area contributed by atoms with Gasteiger partial charge in [-0.2, -0.15) is 5.10 Å². The second kappa shape index (κ2) is 7.80. The Morgan fingerprint density at radius 1 is 1.25 bits per heavy atom. The van der Waals surface area contributed by atoms with Crippen molar-refractivity contribution >= 4 is 17.5 Å².